The van der Waals surface area contributed by atoms with Crippen LogP contribution in [0.1, 0.15) is 26.7 Å². The van der Waals surface area contributed by atoms with Crippen LogP contribution in [0, 0.1) is 0 Å². The molecule has 94 valence electrons. The molecule has 0 radical (unpaired) electrons. The topological polar surface area (TPSA) is 0 Å². The highest BCUT2D eigenvalue weighted by Gasteiger charge is 2.03. The normalized spacial score (nSPS) is 16.7. The predicted octanol–water partition coefficient (Wildman–Crippen LogP) is 5.45. The fourth-order valence-corrected chi connectivity index (χ4v) is 1.71. The molecule has 1 aliphatic rings. The first-order chi connectivity index (χ1) is 8.79. The molecule has 0 saturated heterocycles. The van der Waals surface area contributed by atoms with Crippen LogP contribution in [0.25, 0.3) is 0 Å². The van der Waals surface area contributed by atoms with Crippen LogP contribution in [0.4, 0.5) is 0 Å². The lowest BCUT2D eigenvalue weighted by Gasteiger charge is -2.08. The van der Waals surface area contributed by atoms with Gasteiger partial charge in [0, 0.05) is 0 Å². The van der Waals surface area contributed by atoms with Crippen LogP contribution in [0.5, 0.6) is 0 Å². The van der Waals surface area contributed by atoms with E-state index in [0.29, 0.717) is 0 Å². The molecule has 0 atom stereocenters. The van der Waals surface area contributed by atoms with Crippen molar-refractivity contribution in [2.75, 3.05) is 0 Å². The summed E-state index contributed by atoms with van der Waals surface area (Å²) in [6.45, 7) is 8.40. The van der Waals surface area contributed by atoms with Crippen molar-refractivity contribution in [3.63, 3.8) is 0 Å². The average Bonchev–Trinajstić information content (AvgIpc) is 2.48. The maximum atomic E-state index is 4.14. The zero-order valence-electron chi connectivity index (χ0n) is 11.4. The molecule has 0 N–H and O–H groups in total. The minimum absolute atomic E-state index is 1.04. The van der Waals surface area contributed by atoms with Crippen LogP contribution in [-0.4, -0.2) is 0 Å². The van der Waals surface area contributed by atoms with E-state index in [2.05, 4.69) is 50.8 Å². The molecule has 0 aromatic rings. The second-order valence-electron chi connectivity index (χ2n) is 4.17. The molecule has 0 nitrogen and oxygen atoms in total. The Bertz CT molecular complexity index is 448. The van der Waals surface area contributed by atoms with Crippen molar-refractivity contribution in [2.45, 2.75) is 26.7 Å². The smallest absolute Gasteiger partial charge is 0.0121 e. The Hall–Kier alpha value is -1.82. The van der Waals surface area contributed by atoms with Gasteiger partial charge in [-0.1, -0.05) is 80.7 Å². The third-order valence-corrected chi connectivity index (χ3v) is 2.73. The second kappa shape index (κ2) is 8.30. The Kier molecular flexibility index (Phi) is 6.56. The van der Waals surface area contributed by atoms with Crippen molar-refractivity contribution in [2.24, 2.45) is 0 Å². The van der Waals surface area contributed by atoms with Gasteiger partial charge >= 0.3 is 0 Å². The number of hydrogen-bond donors (Lipinski definition) is 0. The van der Waals surface area contributed by atoms with Gasteiger partial charge in [0.2, 0.25) is 0 Å². The Morgan fingerprint density at radius 2 is 1.89 bits per heavy atom. The molecule has 1 aliphatic carbocycles. The predicted molar refractivity (Wildman–Crippen MR) is 82.4 cm³/mol. The Morgan fingerprint density at radius 3 is 2.61 bits per heavy atom. The van der Waals surface area contributed by atoms with E-state index in [1.54, 1.807) is 0 Å². The van der Waals surface area contributed by atoms with Crippen LogP contribution < -0.4 is 0 Å². The molecule has 0 spiro atoms. The first-order valence-corrected chi connectivity index (χ1v) is 6.53. The summed E-state index contributed by atoms with van der Waals surface area (Å²) < 4.78 is 0. The second-order valence-corrected chi connectivity index (χ2v) is 4.17. The van der Waals surface area contributed by atoms with E-state index < -0.39 is 0 Å². The van der Waals surface area contributed by atoms with Crippen LogP contribution in [-0.2, 0) is 0 Å². The average molecular weight is 238 g/mol. The summed E-state index contributed by atoms with van der Waals surface area (Å²) >= 11 is 0. The minimum atomic E-state index is 1.04. The molecular weight excluding hydrogens is 216 g/mol. The van der Waals surface area contributed by atoms with Gasteiger partial charge in [-0.25, -0.2) is 0 Å². The molecule has 0 aliphatic heterocycles. The minimum Gasteiger partial charge on any atom is -0.0911 e. The summed E-state index contributed by atoms with van der Waals surface area (Å²) in [6.07, 6.45) is 23.2. The zero-order chi connectivity index (χ0) is 13.2. The van der Waals surface area contributed by atoms with Gasteiger partial charge in [0.1, 0.15) is 0 Å². The van der Waals surface area contributed by atoms with Gasteiger partial charge in [-0.3, -0.25) is 0 Å². The van der Waals surface area contributed by atoms with E-state index in [1.807, 2.05) is 30.4 Å². The fraction of sp³-hybridized carbons (Fsp3) is 0.222. The number of allylic oxidation sites excluding steroid dienone is 13. The van der Waals surface area contributed by atoms with Gasteiger partial charge in [0.05, 0.1) is 0 Å². The molecule has 0 heteroatoms. The quantitative estimate of drug-likeness (QED) is 0.571. The Balaban J connectivity index is 2.99. The highest BCUT2D eigenvalue weighted by atomic mass is 14.1. The van der Waals surface area contributed by atoms with Gasteiger partial charge in [0.15, 0.2) is 0 Å². The molecule has 0 saturated carbocycles. The monoisotopic (exact) mass is 238 g/mol. The third kappa shape index (κ3) is 4.58. The van der Waals surface area contributed by atoms with Crippen LogP contribution in [0.2, 0.25) is 0 Å². The van der Waals surface area contributed by atoms with E-state index in [9.17, 15) is 0 Å². The SMILES string of the molecule is C=C1C=CC=CC=CC=C1C(C=CCCC)=CC. The fourth-order valence-electron chi connectivity index (χ4n) is 1.71. The van der Waals surface area contributed by atoms with Gasteiger partial charge in [-0.2, -0.15) is 0 Å². The van der Waals surface area contributed by atoms with E-state index in [0.717, 1.165) is 12.0 Å². The van der Waals surface area contributed by atoms with E-state index in [4.69, 9.17) is 0 Å². The maximum Gasteiger partial charge on any atom is -0.0121 e. The first kappa shape index (κ1) is 14.2. The summed E-state index contributed by atoms with van der Waals surface area (Å²) in [5.74, 6) is 0. The molecule has 0 aromatic heterocycles. The van der Waals surface area contributed by atoms with E-state index >= 15 is 0 Å². The molecule has 0 heterocycles. The van der Waals surface area contributed by atoms with E-state index in [-0.39, 0.29) is 0 Å². The Labute approximate surface area is 111 Å². The largest absolute Gasteiger partial charge is 0.0911 e. The lowest BCUT2D eigenvalue weighted by atomic mass is 9.97. The van der Waals surface area contributed by atoms with Crippen LogP contribution in [0.15, 0.2) is 84.1 Å². The lowest BCUT2D eigenvalue weighted by molar-refractivity contribution is 0.958. The molecule has 18 heavy (non-hydrogen) atoms. The van der Waals surface area contributed by atoms with Gasteiger partial charge in [-0.05, 0) is 30.1 Å². The summed E-state index contributed by atoms with van der Waals surface area (Å²) in [5.41, 5.74) is 3.45. The maximum absolute atomic E-state index is 4.14. The first-order valence-electron chi connectivity index (χ1n) is 6.53. The molecule has 0 aromatic carbocycles. The molecule has 0 unspecified atom stereocenters. The van der Waals surface area contributed by atoms with Crippen molar-refractivity contribution in [1.82, 2.24) is 0 Å². The number of unbranched alkanes of at least 4 members (excludes halogenated alkanes) is 1. The number of hydrogen-bond acceptors (Lipinski definition) is 0. The molecular formula is C18H22. The van der Waals surface area contributed by atoms with Crippen molar-refractivity contribution >= 4 is 0 Å². The molecule has 0 bridgehead atoms. The van der Waals surface area contributed by atoms with Gasteiger partial charge in [-0.15, -0.1) is 0 Å². The summed E-state index contributed by atoms with van der Waals surface area (Å²) in [6, 6.07) is 0. The molecule has 1 rings (SSSR count). The van der Waals surface area contributed by atoms with Crippen molar-refractivity contribution < 1.29 is 0 Å². The lowest BCUT2D eigenvalue weighted by Crippen LogP contribution is -1.89. The van der Waals surface area contributed by atoms with Crippen molar-refractivity contribution in [1.29, 1.82) is 0 Å². The third-order valence-electron chi connectivity index (χ3n) is 2.73. The summed E-state index contributed by atoms with van der Waals surface area (Å²) in [5, 5.41) is 0. The Morgan fingerprint density at radius 1 is 1.17 bits per heavy atom. The van der Waals surface area contributed by atoms with Crippen molar-refractivity contribution in [3.05, 3.63) is 84.1 Å². The number of rotatable bonds is 4. The molecule has 0 fully saturated rings. The zero-order valence-corrected chi connectivity index (χ0v) is 11.4. The van der Waals surface area contributed by atoms with Gasteiger partial charge < -0.3 is 0 Å². The summed E-state index contributed by atoms with van der Waals surface area (Å²) in [4.78, 5) is 0. The highest BCUT2D eigenvalue weighted by molar-refractivity contribution is 5.56. The van der Waals surface area contributed by atoms with Crippen molar-refractivity contribution in [3.8, 4) is 0 Å². The molecule has 0 amide bonds. The van der Waals surface area contributed by atoms with E-state index in [1.165, 1.54) is 17.6 Å². The standard InChI is InChI=1S/C18H22/c1-4-6-10-14-17(5-2)18-15-12-9-7-8-11-13-16(18)3/h5,7-15H,3-4,6H2,1-2H3. The van der Waals surface area contributed by atoms with Gasteiger partial charge in [0.25, 0.3) is 0 Å². The van der Waals surface area contributed by atoms with Crippen LogP contribution in [0.3, 0.4) is 0 Å². The summed E-state index contributed by atoms with van der Waals surface area (Å²) in [7, 11) is 0. The van der Waals surface area contributed by atoms with Crippen LogP contribution >= 0.6 is 0 Å². The highest BCUT2D eigenvalue weighted by Crippen LogP contribution is 2.21.